The summed E-state index contributed by atoms with van der Waals surface area (Å²) < 4.78 is 5.38. The number of nitrogens with zero attached hydrogens (tertiary/aromatic N) is 1. The van der Waals surface area contributed by atoms with Crippen LogP contribution in [0.3, 0.4) is 0 Å². The van der Waals surface area contributed by atoms with Gasteiger partial charge in [-0.05, 0) is 47.4 Å². The molecule has 0 aliphatic rings. The summed E-state index contributed by atoms with van der Waals surface area (Å²) in [5.41, 5.74) is 2.97. The van der Waals surface area contributed by atoms with Gasteiger partial charge in [0.05, 0.1) is 12.8 Å². The summed E-state index contributed by atoms with van der Waals surface area (Å²) in [6.07, 6.45) is 2.87. The normalized spacial score (nSPS) is 11.6. The van der Waals surface area contributed by atoms with Gasteiger partial charge in [-0.1, -0.05) is 84.4 Å². The second kappa shape index (κ2) is 12.8. The molecule has 3 aromatic carbocycles. The van der Waals surface area contributed by atoms with Gasteiger partial charge in [0.15, 0.2) is 0 Å². The Morgan fingerprint density at radius 2 is 1.47 bits per heavy atom. The van der Waals surface area contributed by atoms with Crippen molar-refractivity contribution in [2.75, 3.05) is 0 Å². The average Bonchev–Trinajstić information content (AvgIpc) is 3.44. The van der Waals surface area contributed by atoms with Crippen LogP contribution in [0.5, 0.6) is 0 Å². The van der Waals surface area contributed by atoms with Gasteiger partial charge in [0.2, 0.25) is 11.8 Å². The van der Waals surface area contributed by atoms with E-state index in [1.54, 1.807) is 29.4 Å². The Hall–Kier alpha value is -3.83. The minimum absolute atomic E-state index is 0.0807. The maximum absolute atomic E-state index is 13.7. The molecule has 0 saturated heterocycles. The lowest BCUT2D eigenvalue weighted by atomic mass is 10.0. The number of rotatable bonds is 11. The molecule has 0 aliphatic heterocycles. The molecule has 1 heterocycles. The highest BCUT2D eigenvalue weighted by molar-refractivity contribution is 6.30. The van der Waals surface area contributed by atoms with Crippen LogP contribution in [0, 0.1) is 0 Å². The van der Waals surface area contributed by atoms with Gasteiger partial charge in [0, 0.05) is 24.4 Å². The molecule has 1 atom stereocenters. The Kier molecular flexibility index (Phi) is 8.95. The van der Waals surface area contributed by atoms with Gasteiger partial charge >= 0.3 is 0 Å². The lowest BCUT2D eigenvalue weighted by Crippen LogP contribution is -2.50. The summed E-state index contributed by atoms with van der Waals surface area (Å²) in [4.78, 5) is 28.9. The number of halogens is 1. The smallest absolute Gasteiger partial charge is 0.243 e. The number of hydrogen-bond acceptors (Lipinski definition) is 3. The molecule has 4 rings (SSSR count). The zero-order valence-corrected chi connectivity index (χ0v) is 20.7. The van der Waals surface area contributed by atoms with Crippen molar-refractivity contribution in [1.82, 2.24) is 10.2 Å². The molecule has 1 unspecified atom stereocenters. The predicted octanol–water partition coefficient (Wildman–Crippen LogP) is 5.82. The van der Waals surface area contributed by atoms with Gasteiger partial charge < -0.3 is 14.6 Å². The van der Waals surface area contributed by atoms with Crippen molar-refractivity contribution < 1.29 is 14.0 Å². The molecular weight excluding hydrogens is 472 g/mol. The first kappa shape index (κ1) is 25.3. The van der Waals surface area contributed by atoms with Crippen molar-refractivity contribution >= 4 is 23.4 Å². The van der Waals surface area contributed by atoms with Gasteiger partial charge in [-0.15, -0.1) is 0 Å². The molecule has 4 aromatic rings. The van der Waals surface area contributed by atoms with Crippen LogP contribution in [-0.2, 0) is 35.5 Å². The molecule has 0 spiro atoms. The van der Waals surface area contributed by atoms with Crippen molar-refractivity contribution in [2.24, 2.45) is 0 Å². The summed E-state index contributed by atoms with van der Waals surface area (Å²) in [7, 11) is 0. The lowest BCUT2D eigenvalue weighted by Gasteiger charge is -2.31. The van der Waals surface area contributed by atoms with Crippen molar-refractivity contribution in [3.63, 3.8) is 0 Å². The van der Waals surface area contributed by atoms with E-state index in [1.165, 1.54) is 0 Å². The third-order valence-corrected chi connectivity index (χ3v) is 6.28. The van der Waals surface area contributed by atoms with Gasteiger partial charge in [-0.3, -0.25) is 9.59 Å². The maximum atomic E-state index is 13.7. The number of amides is 2. The van der Waals surface area contributed by atoms with E-state index in [9.17, 15) is 9.59 Å². The quantitative estimate of drug-likeness (QED) is 0.282. The van der Waals surface area contributed by atoms with Gasteiger partial charge in [0.1, 0.15) is 11.8 Å². The summed E-state index contributed by atoms with van der Waals surface area (Å²) in [5, 5.41) is 3.58. The summed E-state index contributed by atoms with van der Waals surface area (Å²) in [6.45, 7) is 0.556. The van der Waals surface area contributed by atoms with Crippen molar-refractivity contribution in [1.29, 1.82) is 0 Å². The molecule has 0 radical (unpaired) electrons. The van der Waals surface area contributed by atoms with Crippen LogP contribution in [0.1, 0.15) is 28.9 Å². The SMILES string of the molecule is O=C(NCc1ccco1)C(Cc1ccccc1)N(Cc1ccc(Cl)cc1)C(=O)CCc1ccccc1. The van der Waals surface area contributed by atoms with Crippen LogP contribution >= 0.6 is 11.6 Å². The molecule has 36 heavy (non-hydrogen) atoms. The Morgan fingerprint density at radius 1 is 0.806 bits per heavy atom. The zero-order valence-electron chi connectivity index (χ0n) is 20.0. The number of benzene rings is 3. The second-order valence-electron chi connectivity index (χ2n) is 8.64. The summed E-state index contributed by atoms with van der Waals surface area (Å²) in [6, 6.07) is 29.9. The largest absolute Gasteiger partial charge is 0.467 e. The fraction of sp³-hybridized carbons (Fsp3) is 0.200. The van der Waals surface area contributed by atoms with Gasteiger partial charge in [0.25, 0.3) is 0 Å². The number of hydrogen-bond donors (Lipinski definition) is 1. The first-order chi connectivity index (χ1) is 17.6. The fourth-order valence-corrected chi connectivity index (χ4v) is 4.21. The Balaban J connectivity index is 1.60. The van der Waals surface area contributed by atoms with Gasteiger partial charge in [-0.2, -0.15) is 0 Å². The maximum Gasteiger partial charge on any atom is 0.243 e. The van der Waals surface area contributed by atoms with Gasteiger partial charge in [-0.25, -0.2) is 0 Å². The molecule has 2 amide bonds. The molecule has 1 aromatic heterocycles. The number of carbonyl (C=O) groups is 2. The molecule has 184 valence electrons. The molecule has 0 saturated carbocycles. The highest BCUT2D eigenvalue weighted by Gasteiger charge is 2.30. The van der Waals surface area contributed by atoms with E-state index < -0.39 is 6.04 Å². The second-order valence-corrected chi connectivity index (χ2v) is 9.07. The Labute approximate surface area is 216 Å². The third-order valence-electron chi connectivity index (χ3n) is 6.02. The monoisotopic (exact) mass is 500 g/mol. The van der Waals surface area contributed by atoms with Crippen molar-refractivity contribution in [2.45, 2.75) is 38.4 Å². The minimum atomic E-state index is -0.693. The summed E-state index contributed by atoms with van der Waals surface area (Å²) >= 11 is 6.09. The van der Waals surface area contributed by atoms with Crippen LogP contribution in [-0.4, -0.2) is 22.8 Å². The highest BCUT2D eigenvalue weighted by Crippen LogP contribution is 2.18. The highest BCUT2D eigenvalue weighted by atomic mass is 35.5. The van der Waals surface area contributed by atoms with Crippen molar-refractivity contribution in [3.05, 3.63) is 131 Å². The predicted molar refractivity (Wildman–Crippen MR) is 141 cm³/mol. The molecular formula is C30H29ClN2O3. The van der Waals surface area contributed by atoms with Crippen molar-refractivity contribution in [3.8, 4) is 0 Å². The molecule has 1 N–H and O–H groups in total. The topological polar surface area (TPSA) is 62.6 Å². The average molecular weight is 501 g/mol. The Morgan fingerprint density at radius 3 is 2.11 bits per heavy atom. The van der Waals surface area contributed by atoms with Crippen LogP contribution in [0.2, 0.25) is 5.02 Å². The van der Waals surface area contributed by atoms with Crippen LogP contribution < -0.4 is 5.32 Å². The molecule has 6 heteroatoms. The number of carbonyl (C=O) groups excluding carboxylic acids is 2. The third kappa shape index (κ3) is 7.33. The number of aryl methyl sites for hydroxylation is 1. The summed E-state index contributed by atoms with van der Waals surface area (Å²) in [5.74, 6) is 0.349. The van der Waals surface area contributed by atoms with E-state index >= 15 is 0 Å². The first-order valence-electron chi connectivity index (χ1n) is 12.0. The van der Waals surface area contributed by atoms with E-state index in [0.29, 0.717) is 36.6 Å². The minimum Gasteiger partial charge on any atom is -0.467 e. The molecule has 0 aliphatic carbocycles. The standard InChI is InChI=1S/C30H29ClN2O3/c31-26-16-13-25(14-17-26)22-33(29(34)18-15-23-8-3-1-4-9-23)28(20-24-10-5-2-6-11-24)30(35)32-21-27-12-7-19-36-27/h1-14,16-17,19,28H,15,18,20-22H2,(H,32,35). The van der Waals surface area contributed by atoms with E-state index in [4.69, 9.17) is 16.0 Å². The Bertz CT molecular complexity index is 1230. The van der Waals surface area contributed by atoms with E-state index in [1.807, 2.05) is 78.9 Å². The zero-order chi connectivity index (χ0) is 25.2. The number of furan rings is 1. The molecule has 0 fully saturated rings. The first-order valence-corrected chi connectivity index (χ1v) is 12.4. The fourth-order valence-electron chi connectivity index (χ4n) is 4.09. The van der Waals surface area contributed by atoms with Crippen LogP contribution in [0.4, 0.5) is 0 Å². The van der Waals surface area contributed by atoms with E-state index in [-0.39, 0.29) is 18.4 Å². The molecule has 0 bridgehead atoms. The molecule has 5 nitrogen and oxygen atoms in total. The lowest BCUT2D eigenvalue weighted by molar-refractivity contribution is -0.141. The van der Waals surface area contributed by atoms with E-state index in [2.05, 4.69) is 5.32 Å². The van der Waals surface area contributed by atoms with Crippen LogP contribution in [0.15, 0.2) is 108 Å². The number of nitrogens with one attached hydrogen (secondary N) is 1. The van der Waals surface area contributed by atoms with E-state index in [0.717, 1.165) is 16.7 Å². The van der Waals surface area contributed by atoms with Crippen LogP contribution in [0.25, 0.3) is 0 Å².